The normalized spacial score (nSPS) is 18.5. The van der Waals surface area contributed by atoms with Crippen molar-refractivity contribution >= 4 is 0 Å². The Morgan fingerprint density at radius 3 is 2.73 bits per heavy atom. The van der Waals surface area contributed by atoms with E-state index in [2.05, 4.69) is 18.7 Å². The highest BCUT2D eigenvalue weighted by Gasteiger charge is 2.13. The zero-order valence-corrected chi connectivity index (χ0v) is 10.0. The first-order valence-electron chi connectivity index (χ1n) is 6.06. The molecule has 0 spiro atoms. The van der Waals surface area contributed by atoms with Crippen LogP contribution in [0.1, 0.15) is 33.1 Å². The SMILES string of the molecule is CCN(CC)CCC(N)C1=COCCC1. The van der Waals surface area contributed by atoms with Crippen molar-refractivity contribution in [2.24, 2.45) is 5.73 Å². The zero-order chi connectivity index (χ0) is 11.1. The second kappa shape index (κ2) is 6.85. The molecule has 1 rings (SSSR count). The fraction of sp³-hybridized carbons (Fsp3) is 0.833. The largest absolute Gasteiger partial charge is 0.501 e. The molecule has 0 bridgehead atoms. The molecule has 3 nitrogen and oxygen atoms in total. The Kier molecular flexibility index (Phi) is 5.73. The van der Waals surface area contributed by atoms with Crippen LogP contribution in [0, 0.1) is 0 Å². The van der Waals surface area contributed by atoms with Gasteiger partial charge in [-0.2, -0.15) is 0 Å². The van der Waals surface area contributed by atoms with E-state index in [0.717, 1.165) is 45.5 Å². The summed E-state index contributed by atoms with van der Waals surface area (Å²) in [5, 5.41) is 0. The van der Waals surface area contributed by atoms with E-state index in [-0.39, 0.29) is 6.04 Å². The standard InChI is InChI=1S/C12H24N2O/c1-3-14(4-2)8-7-12(13)11-6-5-9-15-10-11/h10,12H,3-9,13H2,1-2H3. The summed E-state index contributed by atoms with van der Waals surface area (Å²) in [5.74, 6) is 0. The number of hydrogen-bond acceptors (Lipinski definition) is 3. The number of rotatable bonds is 6. The molecule has 88 valence electrons. The van der Waals surface area contributed by atoms with Crippen LogP contribution < -0.4 is 5.73 Å². The number of nitrogens with zero attached hydrogens (tertiary/aromatic N) is 1. The molecule has 1 atom stereocenters. The van der Waals surface area contributed by atoms with Crippen LogP contribution in [0.4, 0.5) is 0 Å². The van der Waals surface area contributed by atoms with E-state index in [1.165, 1.54) is 5.57 Å². The number of nitrogens with two attached hydrogens (primary N) is 1. The number of ether oxygens (including phenoxy) is 1. The summed E-state index contributed by atoms with van der Waals surface area (Å²) < 4.78 is 5.31. The minimum absolute atomic E-state index is 0.186. The third kappa shape index (κ3) is 4.22. The molecule has 2 N–H and O–H groups in total. The molecule has 0 saturated heterocycles. The van der Waals surface area contributed by atoms with Crippen molar-refractivity contribution in [2.45, 2.75) is 39.2 Å². The monoisotopic (exact) mass is 212 g/mol. The summed E-state index contributed by atoms with van der Waals surface area (Å²) in [7, 11) is 0. The van der Waals surface area contributed by atoms with Gasteiger partial charge in [-0.05, 0) is 44.5 Å². The predicted octanol–water partition coefficient (Wildman–Crippen LogP) is 1.74. The van der Waals surface area contributed by atoms with Gasteiger partial charge in [0.25, 0.3) is 0 Å². The van der Waals surface area contributed by atoms with Gasteiger partial charge in [0.15, 0.2) is 0 Å². The van der Waals surface area contributed by atoms with Crippen LogP contribution in [0.25, 0.3) is 0 Å². The molecule has 3 heteroatoms. The molecule has 0 fully saturated rings. The van der Waals surface area contributed by atoms with Gasteiger partial charge in [0.1, 0.15) is 0 Å². The van der Waals surface area contributed by atoms with Crippen molar-refractivity contribution < 1.29 is 4.74 Å². The molecule has 0 amide bonds. The Bertz CT molecular complexity index is 200. The Hall–Kier alpha value is -0.540. The van der Waals surface area contributed by atoms with Crippen LogP contribution in [0.3, 0.4) is 0 Å². The van der Waals surface area contributed by atoms with E-state index in [0.29, 0.717) is 0 Å². The van der Waals surface area contributed by atoms with Gasteiger partial charge in [-0.3, -0.25) is 0 Å². The summed E-state index contributed by atoms with van der Waals surface area (Å²) >= 11 is 0. The van der Waals surface area contributed by atoms with E-state index in [9.17, 15) is 0 Å². The Morgan fingerprint density at radius 2 is 2.20 bits per heavy atom. The zero-order valence-electron chi connectivity index (χ0n) is 10.0. The molecular weight excluding hydrogens is 188 g/mol. The molecule has 0 saturated carbocycles. The maximum atomic E-state index is 6.13. The van der Waals surface area contributed by atoms with Crippen LogP contribution in [0.2, 0.25) is 0 Å². The van der Waals surface area contributed by atoms with Gasteiger partial charge in [0.2, 0.25) is 0 Å². The Balaban J connectivity index is 2.28. The third-order valence-corrected chi connectivity index (χ3v) is 3.09. The van der Waals surface area contributed by atoms with E-state index >= 15 is 0 Å². The number of hydrogen-bond donors (Lipinski definition) is 1. The molecule has 1 heterocycles. The molecular formula is C12H24N2O. The van der Waals surface area contributed by atoms with Crippen LogP contribution in [0.5, 0.6) is 0 Å². The average molecular weight is 212 g/mol. The third-order valence-electron chi connectivity index (χ3n) is 3.09. The smallest absolute Gasteiger partial charge is 0.0876 e. The van der Waals surface area contributed by atoms with Crippen LogP contribution >= 0.6 is 0 Å². The highest BCUT2D eigenvalue weighted by molar-refractivity contribution is 5.08. The molecule has 1 aliphatic rings. The molecule has 0 aliphatic carbocycles. The van der Waals surface area contributed by atoms with Crippen LogP contribution in [0.15, 0.2) is 11.8 Å². The summed E-state index contributed by atoms with van der Waals surface area (Å²) in [5.41, 5.74) is 7.42. The lowest BCUT2D eigenvalue weighted by atomic mass is 10.00. The van der Waals surface area contributed by atoms with Gasteiger partial charge in [-0.1, -0.05) is 13.8 Å². The van der Waals surface area contributed by atoms with Crippen molar-refractivity contribution in [3.63, 3.8) is 0 Å². The van der Waals surface area contributed by atoms with E-state index in [4.69, 9.17) is 10.5 Å². The molecule has 1 unspecified atom stereocenters. The summed E-state index contributed by atoms with van der Waals surface area (Å²) in [6, 6.07) is 0.186. The van der Waals surface area contributed by atoms with Gasteiger partial charge in [0, 0.05) is 6.04 Å². The fourth-order valence-electron chi connectivity index (χ4n) is 1.90. The molecule has 0 aromatic carbocycles. The van der Waals surface area contributed by atoms with Crippen molar-refractivity contribution in [2.75, 3.05) is 26.2 Å². The first kappa shape index (κ1) is 12.5. The first-order valence-corrected chi connectivity index (χ1v) is 6.06. The van der Waals surface area contributed by atoms with Gasteiger partial charge in [-0.25, -0.2) is 0 Å². The van der Waals surface area contributed by atoms with Crippen LogP contribution in [-0.4, -0.2) is 37.2 Å². The topological polar surface area (TPSA) is 38.5 Å². The lowest BCUT2D eigenvalue weighted by Crippen LogP contribution is -2.32. The second-order valence-corrected chi connectivity index (χ2v) is 4.09. The Morgan fingerprint density at radius 1 is 1.47 bits per heavy atom. The van der Waals surface area contributed by atoms with Crippen molar-refractivity contribution in [1.29, 1.82) is 0 Å². The van der Waals surface area contributed by atoms with E-state index in [1.54, 1.807) is 0 Å². The van der Waals surface area contributed by atoms with E-state index in [1.807, 2.05) is 6.26 Å². The highest BCUT2D eigenvalue weighted by Crippen LogP contribution is 2.16. The van der Waals surface area contributed by atoms with Gasteiger partial charge in [-0.15, -0.1) is 0 Å². The van der Waals surface area contributed by atoms with Crippen LogP contribution in [-0.2, 0) is 4.74 Å². The second-order valence-electron chi connectivity index (χ2n) is 4.09. The first-order chi connectivity index (χ1) is 7.27. The predicted molar refractivity (Wildman–Crippen MR) is 63.6 cm³/mol. The quantitative estimate of drug-likeness (QED) is 0.729. The average Bonchev–Trinajstić information content (AvgIpc) is 2.31. The fourth-order valence-corrected chi connectivity index (χ4v) is 1.90. The molecule has 15 heavy (non-hydrogen) atoms. The lowest BCUT2D eigenvalue weighted by molar-refractivity contribution is 0.218. The van der Waals surface area contributed by atoms with Crippen molar-refractivity contribution in [3.8, 4) is 0 Å². The Labute approximate surface area is 93.3 Å². The maximum absolute atomic E-state index is 6.13. The molecule has 0 radical (unpaired) electrons. The molecule has 0 aromatic heterocycles. The highest BCUT2D eigenvalue weighted by atomic mass is 16.5. The lowest BCUT2D eigenvalue weighted by Gasteiger charge is -2.23. The minimum Gasteiger partial charge on any atom is -0.501 e. The van der Waals surface area contributed by atoms with Gasteiger partial charge < -0.3 is 15.4 Å². The van der Waals surface area contributed by atoms with Crippen molar-refractivity contribution in [3.05, 3.63) is 11.8 Å². The summed E-state index contributed by atoms with van der Waals surface area (Å²) in [4.78, 5) is 2.41. The summed E-state index contributed by atoms with van der Waals surface area (Å²) in [6.07, 6.45) is 5.14. The molecule has 0 aromatic rings. The minimum atomic E-state index is 0.186. The van der Waals surface area contributed by atoms with Crippen molar-refractivity contribution in [1.82, 2.24) is 4.90 Å². The van der Waals surface area contributed by atoms with E-state index < -0.39 is 0 Å². The maximum Gasteiger partial charge on any atom is 0.0876 e. The van der Waals surface area contributed by atoms with Gasteiger partial charge in [0.05, 0.1) is 12.9 Å². The van der Waals surface area contributed by atoms with Gasteiger partial charge >= 0.3 is 0 Å². The molecule has 1 aliphatic heterocycles. The summed E-state index contributed by atoms with van der Waals surface area (Å²) in [6.45, 7) is 8.55.